The maximum absolute atomic E-state index is 8.57. The fourth-order valence-electron chi connectivity index (χ4n) is 2.29. The number of nitrogens with two attached hydrogens (primary N) is 1. The van der Waals surface area contributed by atoms with Crippen molar-refractivity contribution >= 4 is 5.84 Å². The van der Waals surface area contributed by atoms with Crippen molar-refractivity contribution in [1.29, 1.82) is 0 Å². The topological polar surface area (TPSA) is 61.8 Å². The van der Waals surface area contributed by atoms with Crippen LogP contribution in [0.5, 0.6) is 0 Å². The van der Waals surface area contributed by atoms with Gasteiger partial charge in [0.1, 0.15) is 5.84 Å². The molecule has 0 aromatic carbocycles. The van der Waals surface area contributed by atoms with Crippen molar-refractivity contribution in [3.05, 3.63) is 0 Å². The lowest BCUT2D eigenvalue weighted by molar-refractivity contribution is 0.181. The summed E-state index contributed by atoms with van der Waals surface area (Å²) in [6.07, 6.45) is 6.64. The van der Waals surface area contributed by atoms with Crippen LogP contribution in [0.3, 0.4) is 0 Å². The third-order valence-electron chi connectivity index (χ3n) is 3.38. The number of hydrogen-bond donors (Lipinski definition) is 2. The third kappa shape index (κ3) is 3.70. The van der Waals surface area contributed by atoms with E-state index in [1.54, 1.807) is 0 Å². The average Bonchev–Trinajstić information content (AvgIpc) is 2.29. The van der Waals surface area contributed by atoms with Gasteiger partial charge in [-0.2, -0.15) is 0 Å². The molecule has 0 amide bonds. The quantitative estimate of drug-likeness (QED) is 0.323. The number of oxime groups is 1. The molecule has 88 valence electrons. The highest BCUT2D eigenvalue weighted by molar-refractivity contribution is 5.82. The zero-order chi connectivity index (χ0) is 11.3. The molecule has 0 aromatic heterocycles. The molecule has 1 atom stereocenters. The van der Waals surface area contributed by atoms with Gasteiger partial charge in [-0.05, 0) is 19.9 Å². The van der Waals surface area contributed by atoms with Crippen LogP contribution >= 0.6 is 0 Å². The monoisotopic (exact) mass is 213 g/mol. The molecule has 1 rings (SSSR count). The van der Waals surface area contributed by atoms with Crippen LogP contribution in [0.2, 0.25) is 0 Å². The van der Waals surface area contributed by atoms with Gasteiger partial charge in [-0.15, -0.1) is 0 Å². The van der Waals surface area contributed by atoms with Gasteiger partial charge in [0.2, 0.25) is 0 Å². The van der Waals surface area contributed by atoms with Gasteiger partial charge in [-0.3, -0.25) is 0 Å². The van der Waals surface area contributed by atoms with Crippen LogP contribution in [0.25, 0.3) is 0 Å². The zero-order valence-corrected chi connectivity index (χ0v) is 9.82. The van der Waals surface area contributed by atoms with Crippen LogP contribution in [-0.2, 0) is 0 Å². The Kier molecular flexibility index (Phi) is 4.88. The van der Waals surface area contributed by atoms with Gasteiger partial charge in [-0.1, -0.05) is 31.3 Å². The first-order valence-corrected chi connectivity index (χ1v) is 5.82. The fourth-order valence-corrected chi connectivity index (χ4v) is 2.29. The molecule has 15 heavy (non-hydrogen) atoms. The second-order valence-electron chi connectivity index (χ2n) is 4.66. The summed E-state index contributed by atoms with van der Waals surface area (Å²) in [6.45, 7) is 2.87. The highest BCUT2D eigenvalue weighted by atomic mass is 16.4. The average molecular weight is 213 g/mol. The van der Waals surface area contributed by atoms with Crippen molar-refractivity contribution in [2.75, 3.05) is 13.6 Å². The van der Waals surface area contributed by atoms with Crippen LogP contribution in [0.15, 0.2) is 5.16 Å². The molecule has 0 saturated heterocycles. The largest absolute Gasteiger partial charge is 0.409 e. The lowest BCUT2D eigenvalue weighted by Gasteiger charge is -2.32. The van der Waals surface area contributed by atoms with Crippen molar-refractivity contribution in [3.8, 4) is 0 Å². The molecule has 3 N–H and O–H groups in total. The van der Waals surface area contributed by atoms with E-state index in [1.165, 1.54) is 32.1 Å². The Bertz CT molecular complexity index is 212. The van der Waals surface area contributed by atoms with E-state index in [-0.39, 0.29) is 5.92 Å². The molecule has 4 nitrogen and oxygen atoms in total. The van der Waals surface area contributed by atoms with Crippen LogP contribution in [0, 0.1) is 5.92 Å². The molecule has 1 aliphatic carbocycles. The first kappa shape index (κ1) is 12.3. The predicted molar refractivity (Wildman–Crippen MR) is 62.1 cm³/mol. The summed E-state index contributed by atoms with van der Waals surface area (Å²) in [6, 6.07) is 0.688. The van der Waals surface area contributed by atoms with E-state index in [0.717, 1.165) is 6.54 Å². The summed E-state index contributed by atoms with van der Waals surface area (Å²) >= 11 is 0. The Morgan fingerprint density at radius 1 is 1.47 bits per heavy atom. The van der Waals surface area contributed by atoms with E-state index in [4.69, 9.17) is 10.9 Å². The highest BCUT2D eigenvalue weighted by Gasteiger charge is 2.20. The Morgan fingerprint density at radius 2 is 2.07 bits per heavy atom. The summed E-state index contributed by atoms with van der Waals surface area (Å²) in [7, 11) is 2.14. The van der Waals surface area contributed by atoms with Crippen LogP contribution < -0.4 is 5.73 Å². The smallest absolute Gasteiger partial charge is 0.143 e. The van der Waals surface area contributed by atoms with Crippen molar-refractivity contribution in [2.45, 2.75) is 45.1 Å². The molecule has 0 radical (unpaired) electrons. The van der Waals surface area contributed by atoms with Crippen molar-refractivity contribution in [1.82, 2.24) is 4.90 Å². The minimum Gasteiger partial charge on any atom is -0.409 e. The molecule has 0 spiro atoms. The van der Waals surface area contributed by atoms with Gasteiger partial charge >= 0.3 is 0 Å². The Balaban J connectivity index is 2.36. The lowest BCUT2D eigenvalue weighted by atomic mass is 9.94. The highest BCUT2D eigenvalue weighted by Crippen LogP contribution is 2.22. The summed E-state index contributed by atoms with van der Waals surface area (Å²) in [4.78, 5) is 2.35. The first-order chi connectivity index (χ1) is 7.15. The first-order valence-electron chi connectivity index (χ1n) is 5.82. The SMILES string of the molecule is CC(CN(C)C1CCCCC1)/C(N)=N/O. The Labute approximate surface area is 92.1 Å². The third-order valence-corrected chi connectivity index (χ3v) is 3.38. The van der Waals surface area contributed by atoms with Crippen LogP contribution in [0.4, 0.5) is 0 Å². The Hall–Kier alpha value is -0.770. The van der Waals surface area contributed by atoms with Crippen molar-refractivity contribution < 1.29 is 5.21 Å². The van der Waals surface area contributed by atoms with E-state index in [9.17, 15) is 0 Å². The number of rotatable bonds is 4. The van der Waals surface area contributed by atoms with Gasteiger partial charge in [0, 0.05) is 18.5 Å². The molecular formula is C11H23N3O. The van der Waals surface area contributed by atoms with E-state index < -0.39 is 0 Å². The number of hydrogen-bond acceptors (Lipinski definition) is 3. The number of nitrogens with zero attached hydrogens (tertiary/aromatic N) is 2. The molecular weight excluding hydrogens is 190 g/mol. The van der Waals surface area contributed by atoms with Gasteiger partial charge < -0.3 is 15.8 Å². The standard InChI is InChI=1S/C11H23N3O/c1-9(11(12)13-15)8-14(2)10-6-4-3-5-7-10/h9-10,15H,3-8H2,1-2H3,(H2,12,13). The molecule has 1 unspecified atom stereocenters. The van der Waals surface area contributed by atoms with Gasteiger partial charge in [-0.25, -0.2) is 0 Å². The minimum absolute atomic E-state index is 0.127. The maximum Gasteiger partial charge on any atom is 0.143 e. The van der Waals surface area contributed by atoms with E-state index >= 15 is 0 Å². The van der Waals surface area contributed by atoms with Crippen LogP contribution in [-0.4, -0.2) is 35.6 Å². The minimum atomic E-state index is 0.127. The predicted octanol–water partition coefficient (Wildman–Crippen LogP) is 1.63. The van der Waals surface area contributed by atoms with Gasteiger partial charge in [0.25, 0.3) is 0 Å². The lowest BCUT2D eigenvalue weighted by Crippen LogP contribution is -2.39. The van der Waals surface area contributed by atoms with Crippen LogP contribution in [0.1, 0.15) is 39.0 Å². The van der Waals surface area contributed by atoms with E-state index in [1.807, 2.05) is 6.92 Å². The maximum atomic E-state index is 8.57. The summed E-state index contributed by atoms with van der Waals surface area (Å²) in [5, 5.41) is 11.6. The normalized spacial score (nSPS) is 21.9. The van der Waals surface area contributed by atoms with E-state index in [0.29, 0.717) is 11.9 Å². The molecule has 0 heterocycles. The molecule has 4 heteroatoms. The van der Waals surface area contributed by atoms with E-state index in [2.05, 4.69) is 17.1 Å². The Morgan fingerprint density at radius 3 is 2.60 bits per heavy atom. The molecule has 1 fully saturated rings. The van der Waals surface area contributed by atoms with Gasteiger partial charge in [0.05, 0.1) is 0 Å². The zero-order valence-electron chi connectivity index (χ0n) is 9.82. The van der Waals surface area contributed by atoms with Crippen molar-refractivity contribution in [3.63, 3.8) is 0 Å². The van der Waals surface area contributed by atoms with Gasteiger partial charge in [0.15, 0.2) is 0 Å². The molecule has 1 saturated carbocycles. The second kappa shape index (κ2) is 5.95. The summed E-state index contributed by atoms with van der Waals surface area (Å²) in [5.74, 6) is 0.458. The molecule has 1 aliphatic rings. The summed E-state index contributed by atoms with van der Waals surface area (Å²) in [5.41, 5.74) is 5.57. The van der Waals surface area contributed by atoms with Crippen molar-refractivity contribution in [2.24, 2.45) is 16.8 Å². The molecule has 0 bridgehead atoms. The fraction of sp³-hybridized carbons (Fsp3) is 0.909. The molecule has 0 aliphatic heterocycles. The molecule has 0 aromatic rings. The summed E-state index contributed by atoms with van der Waals surface area (Å²) < 4.78 is 0. The second-order valence-corrected chi connectivity index (χ2v) is 4.66. The number of amidine groups is 1.